The van der Waals surface area contributed by atoms with Crippen LogP contribution in [-0.4, -0.2) is 41.7 Å². The van der Waals surface area contributed by atoms with E-state index in [9.17, 15) is 5.11 Å². The van der Waals surface area contributed by atoms with Crippen LogP contribution in [0.1, 0.15) is 55.7 Å². The smallest absolute Gasteiger partial charge is 0.231 e. The van der Waals surface area contributed by atoms with Crippen molar-refractivity contribution in [2.75, 3.05) is 26.7 Å². The number of hydrogen-bond donors (Lipinski definition) is 1. The molecule has 1 saturated carbocycles. The lowest BCUT2D eigenvalue weighted by molar-refractivity contribution is -0.0239. The molecule has 33 heavy (non-hydrogen) atoms. The highest BCUT2D eigenvalue weighted by molar-refractivity contribution is 5.30. The maximum atomic E-state index is 11.9. The number of oxazole rings is 1. The van der Waals surface area contributed by atoms with Gasteiger partial charge in [-0.1, -0.05) is 67.8 Å². The number of aromatic nitrogens is 1. The van der Waals surface area contributed by atoms with Gasteiger partial charge < -0.3 is 19.2 Å². The molecule has 4 rings (SSSR count). The monoisotopic (exact) mass is 447 g/mol. The van der Waals surface area contributed by atoms with Crippen molar-refractivity contribution >= 4 is 0 Å². The van der Waals surface area contributed by atoms with Crippen LogP contribution in [-0.2, 0) is 12.0 Å². The van der Waals surface area contributed by atoms with Gasteiger partial charge in [-0.05, 0) is 37.9 Å². The van der Waals surface area contributed by atoms with E-state index in [4.69, 9.17) is 9.15 Å². The minimum Gasteiger partial charge on any atom is -0.493 e. The van der Waals surface area contributed by atoms with E-state index in [1.807, 2.05) is 54.6 Å². The molecule has 0 bridgehead atoms. The molecule has 175 valence electrons. The van der Waals surface area contributed by atoms with Gasteiger partial charge in [0.15, 0.2) is 5.60 Å². The van der Waals surface area contributed by atoms with Crippen LogP contribution in [0.15, 0.2) is 65.2 Å². The lowest BCUT2D eigenvalue weighted by Crippen LogP contribution is -2.38. The summed E-state index contributed by atoms with van der Waals surface area (Å²) in [7, 11) is 2.11. The highest BCUT2D eigenvalue weighted by Crippen LogP contribution is 2.43. The third kappa shape index (κ3) is 6.04. The van der Waals surface area contributed by atoms with Crippen LogP contribution < -0.4 is 4.74 Å². The molecule has 3 aromatic rings. The molecule has 0 saturated heterocycles. The molecule has 1 heterocycles. The van der Waals surface area contributed by atoms with E-state index in [0.29, 0.717) is 12.5 Å². The number of aliphatic hydroxyl groups is 1. The first-order valence-electron chi connectivity index (χ1n) is 12.2. The molecule has 0 spiro atoms. The fourth-order valence-electron chi connectivity index (χ4n) is 4.74. The highest BCUT2D eigenvalue weighted by atomic mass is 16.5. The molecular formula is C28H35N2O3. The summed E-state index contributed by atoms with van der Waals surface area (Å²) >= 11 is 0. The molecule has 2 aromatic carbocycles. The number of ether oxygens (including phenoxy) is 1. The maximum Gasteiger partial charge on any atom is 0.231 e. The van der Waals surface area contributed by atoms with Gasteiger partial charge in [-0.3, -0.25) is 0 Å². The molecule has 1 aliphatic rings. The predicted molar refractivity (Wildman–Crippen MR) is 129 cm³/mol. The Labute approximate surface area is 197 Å². The second-order valence-corrected chi connectivity index (χ2v) is 9.08. The topological polar surface area (TPSA) is 58.7 Å². The van der Waals surface area contributed by atoms with Gasteiger partial charge in [0, 0.05) is 31.5 Å². The van der Waals surface area contributed by atoms with E-state index in [1.54, 1.807) is 6.20 Å². The lowest BCUT2D eigenvalue weighted by Gasteiger charge is -2.36. The van der Waals surface area contributed by atoms with E-state index in [1.165, 1.54) is 6.42 Å². The normalized spacial score (nSPS) is 16.6. The summed E-state index contributed by atoms with van der Waals surface area (Å²) in [5, 5.41) is 11.9. The Morgan fingerprint density at radius 3 is 2.64 bits per heavy atom. The fraction of sp³-hybridized carbons (Fsp3) is 0.464. The molecule has 0 amide bonds. The minimum absolute atomic E-state index is 0.129. The third-order valence-corrected chi connectivity index (χ3v) is 6.65. The van der Waals surface area contributed by atoms with Crippen LogP contribution >= 0.6 is 0 Å². The quantitative estimate of drug-likeness (QED) is 0.408. The molecule has 5 nitrogen and oxygen atoms in total. The second-order valence-electron chi connectivity index (χ2n) is 9.08. The summed E-state index contributed by atoms with van der Waals surface area (Å²) in [6, 6.07) is 20.7. The van der Waals surface area contributed by atoms with Gasteiger partial charge in [-0.25, -0.2) is 4.98 Å². The SMILES string of the molecule is CN(CCCOc1[c]cccc1)CCc1cnc(C(O)(c2ccccc2)C2CCCCC2)o1. The Kier molecular flexibility index (Phi) is 8.19. The molecule has 1 fully saturated rings. The van der Waals surface area contributed by atoms with Crippen molar-refractivity contribution in [1.29, 1.82) is 0 Å². The summed E-state index contributed by atoms with van der Waals surface area (Å²) in [6.45, 7) is 2.46. The average molecular weight is 448 g/mol. The molecular weight excluding hydrogens is 412 g/mol. The number of likely N-dealkylation sites (N-methyl/N-ethyl adjacent to an activating group) is 1. The summed E-state index contributed by atoms with van der Waals surface area (Å²) < 4.78 is 11.9. The molecule has 1 aromatic heterocycles. The number of para-hydroxylation sites is 1. The Hall–Kier alpha value is -2.63. The molecule has 1 radical (unpaired) electrons. The van der Waals surface area contributed by atoms with Gasteiger partial charge >= 0.3 is 0 Å². The van der Waals surface area contributed by atoms with E-state index >= 15 is 0 Å². The Morgan fingerprint density at radius 1 is 1.09 bits per heavy atom. The highest BCUT2D eigenvalue weighted by Gasteiger charge is 2.44. The number of benzene rings is 2. The fourth-order valence-corrected chi connectivity index (χ4v) is 4.74. The third-order valence-electron chi connectivity index (χ3n) is 6.65. The summed E-state index contributed by atoms with van der Waals surface area (Å²) in [5.41, 5.74) is -0.296. The lowest BCUT2D eigenvalue weighted by atomic mass is 9.73. The summed E-state index contributed by atoms with van der Waals surface area (Å²) in [4.78, 5) is 6.84. The van der Waals surface area contributed by atoms with Crippen molar-refractivity contribution in [3.8, 4) is 5.75 Å². The molecule has 1 unspecified atom stereocenters. The van der Waals surface area contributed by atoms with Crippen LogP contribution in [0.2, 0.25) is 0 Å². The van der Waals surface area contributed by atoms with Crippen molar-refractivity contribution in [1.82, 2.24) is 9.88 Å². The minimum atomic E-state index is -1.17. The van der Waals surface area contributed by atoms with Gasteiger partial charge in [0.1, 0.15) is 11.5 Å². The van der Waals surface area contributed by atoms with Gasteiger partial charge in [-0.15, -0.1) is 0 Å². The standard InChI is InChI=1S/C28H35N2O3/c1-30(19-11-21-32-25-16-9-4-10-17-25)20-18-26-22-29-27(33-26)28(31,23-12-5-2-6-13-23)24-14-7-3-8-15-24/h2,4-6,9-10,12-13,16,22,24,31H,3,7-8,11,14-15,18-21H2,1H3. The molecule has 1 aliphatic carbocycles. The Morgan fingerprint density at radius 2 is 1.88 bits per heavy atom. The Balaban J connectivity index is 1.32. The van der Waals surface area contributed by atoms with Gasteiger partial charge in [-0.2, -0.15) is 0 Å². The van der Waals surface area contributed by atoms with E-state index < -0.39 is 5.60 Å². The summed E-state index contributed by atoms with van der Waals surface area (Å²) in [5.74, 6) is 2.17. The zero-order valence-electron chi connectivity index (χ0n) is 19.6. The first-order valence-corrected chi connectivity index (χ1v) is 12.2. The molecule has 0 aliphatic heterocycles. The van der Waals surface area contributed by atoms with Crippen molar-refractivity contribution in [2.24, 2.45) is 5.92 Å². The second kappa shape index (κ2) is 11.5. The first kappa shape index (κ1) is 23.5. The van der Waals surface area contributed by atoms with Crippen molar-refractivity contribution in [3.63, 3.8) is 0 Å². The molecule has 1 N–H and O–H groups in total. The average Bonchev–Trinajstić information content (AvgIpc) is 3.36. The van der Waals surface area contributed by atoms with E-state index in [-0.39, 0.29) is 5.92 Å². The van der Waals surface area contributed by atoms with Crippen LogP contribution in [0, 0.1) is 12.0 Å². The zero-order chi connectivity index (χ0) is 22.9. The van der Waals surface area contributed by atoms with Crippen molar-refractivity contribution < 1.29 is 14.3 Å². The van der Waals surface area contributed by atoms with E-state index in [2.05, 4.69) is 23.0 Å². The number of rotatable bonds is 11. The Bertz CT molecular complexity index is 954. The van der Waals surface area contributed by atoms with Crippen molar-refractivity contribution in [2.45, 2.75) is 50.5 Å². The van der Waals surface area contributed by atoms with Crippen molar-refractivity contribution in [3.05, 3.63) is 84.1 Å². The number of hydrogen-bond acceptors (Lipinski definition) is 5. The largest absolute Gasteiger partial charge is 0.493 e. The van der Waals surface area contributed by atoms with Gasteiger partial charge in [0.25, 0.3) is 0 Å². The van der Waals surface area contributed by atoms with Crippen LogP contribution in [0.4, 0.5) is 0 Å². The van der Waals surface area contributed by atoms with Gasteiger partial charge in [0.2, 0.25) is 5.89 Å². The summed E-state index contributed by atoms with van der Waals surface area (Å²) in [6.07, 6.45) is 8.99. The first-order chi connectivity index (χ1) is 16.2. The van der Waals surface area contributed by atoms with Crippen LogP contribution in [0.3, 0.4) is 0 Å². The van der Waals surface area contributed by atoms with Crippen LogP contribution in [0.5, 0.6) is 5.75 Å². The predicted octanol–water partition coefficient (Wildman–Crippen LogP) is 5.23. The number of nitrogens with zero attached hydrogens (tertiary/aromatic N) is 2. The van der Waals surface area contributed by atoms with E-state index in [0.717, 1.165) is 68.7 Å². The van der Waals surface area contributed by atoms with Gasteiger partial charge in [0.05, 0.1) is 12.8 Å². The molecule has 5 heteroatoms. The van der Waals surface area contributed by atoms with Crippen LogP contribution in [0.25, 0.3) is 0 Å². The molecule has 1 atom stereocenters. The maximum absolute atomic E-state index is 11.9. The zero-order valence-corrected chi connectivity index (χ0v) is 19.6.